The van der Waals surface area contributed by atoms with E-state index in [9.17, 15) is 4.79 Å². The van der Waals surface area contributed by atoms with Crippen molar-refractivity contribution < 1.29 is 14.1 Å². The first-order valence-electron chi connectivity index (χ1n) is 7.89. The second-order valence-electron chi connectivity index (χ2n) is 6.08. The van der Waals surface area contributed by atoms with E-state index in [1.165, 1.54) is 0 Å². The van der Waals surface area contributed by atoms with Gasteiger partial charge in [-0.25, -0.2) is 0 Å². The minimum atomic E-state index is -0.0271. The minimum Gasteiger partial charge on any atom is -0.377 e. The molecule has 0 aliphatic carbocycles. The number of carbonyl (C=O) groups is 1. The highest BCUT2D eigenvalue weighted by Gasteiger charge is 2.27. The standard InChI is InChI=1S/C17H21N3O3/c1-11(2)15-18-16(23-19-15)13-6-4-5-7-14(13)17(21)20-8-9-22-10-12(20)3/h4-7,11-12H,8-10H2,1-3H3/t12-/m1/s1. The van der Waals surface area contributed by atoms with Gasteiger partial charge in [0.1, 0.15) is 0 Å². The van der Waals surface area contributed by atoms with Gasteiger partial charge in [0, 0.05) is 12.5 Å². The van der Waals surface area contributed by atoms with E-state index in [0.717, 1.165) is 0 Å². The molecule has 0 N–H and O–H groups in total. The summed E-state index contributed by atoms with van der Waals surface area (Å²) in [5, 5.41) is 3.99. The van der Waals surface area contributed by atoms with Gasteiger partial charge >= 0.3 is 0 Å². The third-order valence-electron chi connectivity index (χ3n) is 3.97. The first-order chi connectivity index (χ1) is 11.1. The van der Waals surface area contributed by atoms with Crippen molar-refractivity contribution in [1.29, 1.82) is 0 Å². The molecule has 1 aromatic carbocycles. The quantitative estimate of drug-likeness (QED) is 0.871. The molecular weight excluding hydrogens is 294 g/mol. The van der Waals surface area contributed by atoms with Crippen LogP contribution in [0.15, 0.2) is 28.8 Å². The second-order valence-corrected chi connectivity index (χ2v) is 6.08. The second kappa shape index (κ2) is 6.50. The van der Waals surface area contributed by atoms with E-state index in [4.69, 9.17) is 9.26 Å². The Bertz CT molecular complexity index is 696. The van der Waals surface area contributed by atoms with Crippen LogP contribution < -0.4 is 0 Å². The van der Waals surface area contributed by atoms with E-state index in [0.29, 0.717) is 42.6 Å². The van der Waals surface area contributed by atoms with Crippen LogP contribution in [0.3, 0.4) is 0 Å². The van der Waals surface area contributed by atoms with Gasteiger partial charge < -0.3 is 14.2 Å². The van der Waals surface area contributed by atoms with Gasteiger partial charge in [-0.1, -0.05) is 31.1 Å². The van der Waals surface area contributed by atoms with Crippen LogP contribution in [0, 0.1) is 0 Å². The number of hydrogen-bond donors (Lipinski definition) is 0. The lowest BCUT2D eigenvalue weighted by Gasteiger charge is -2.33. The average Bonchev–Trinajstić information content (AvgIpc) is 3.05. The summed E-state index contributed by atoms with van der Waals surface area (Å²) in [4.78, 5) is 19.2. The molecule has 1 amide bonds. The lowest BCUT2D eigenvalue weighted by Crippen LogP contribution is -2.47. The molecule has 1 aliphatic heterocycles. The molecule has 23 heavy (non-hydrogen) atoms. The van der Waals surface area contributed by atoms with Crippen LogP contribution in [0.2, 0.25) is 0 Å². The van der Waals surface area contributed by atoms with Gasteiger partial charge in [0.15, 0.2) is 5.82 Å². The molecule has 1 aliphatic rings. The van der Waals surface area contributed by atoms with Crippen molar-refractivity contribution in [3.8, 4) is 11.5 Å². The molecule has 0 unspecified atom stereocenters. The Kier molecular flexibility index (Phi) is 4.43. The van der Waals surface area contributed by atoms with Crippen LogP contribution in [-0.4, -0.2) is 46.7 Å². The topological polar surface area (TPSA) is 68.5 Å². The maximum absolute atomic E-state index is 12.9. The third-order valence-corrected chi connectivity index (χ3v) is 3.97. The highest BCUT2D eigenvalue weighted by Crippen LogP contribution is 2.25. The Hall–Kier alpha value is -2.21. The zero-order valence-electron chi connectivity index (χ0n) is 13.7. The summed E-state index contributed by atoms with van der Waals surface area (Å²) in [6, 6.07) is 7.42. The molecule has 6 nitrogen and oxygen atoms in total. The zero-order chi connectivity index (χ0) is 16.4. The molecular formula is C17H21N3O3. The Morgan fingerprint density at radius 1 is 1.35 bits per heavy atom. The van der Waals surface area contributed by atoms with Crippen molar-refractivity contribution in [2.75, 3.05) is 19.8 Å². The maximum Gasteiger partial charge on any atom is 0.258 e. The van der Waals surface area contributed by atoms with Gasteiger partial charge in [-0.2, -0.15) is 4.98 Å². The Morgan fingerprint density at radius 3 is 2.83 bits per heavy atom. The van der Waals surface area contributed by atoms with Gasteiger partial charge in [-0.05, 0) is 19.1 Å². The number of hydrogen-bond acceptors (Lipinski definition) is 5. The third kappa shape index (κ3) is 3.12. The summed E-state index contributed by atoms with van der Waals surface area (Å²) in [5.41, 5.74) is 1.26. The van der Waals surface area contributed by atoms with E-state index in [1.807, 2.05) is 43.9 Å². The summed E-state index contributed by atoms with van der Waals surface area (Å²) < 4.78 is 10.8. The fourth-order valence-corrected chi connectivity index (χ4v) is 2.62. The van der Waals surface area contributed by atoms with Crippen LogP contribution in [0.1, 0.15) is 42.9 Å². The molecule has 1 atom stereocenters. The molecule has 1 fully saturated rings. The first-order valence-corrected chi connectivity index (χ1v) is 7.89. The summed E-state index contributed by atoms with van der Waals surface area (Å²) >= 11 is 0. The van der Waals surface area contributed by atoms with Gasteiger partial charge in [0.2, 0.25) is 0 Å². The van der Waals surface area contributed by atoms with E-state index in [-0.39, 0.29) is 17.9 Å². The lowest BCUT2D eigenvalue weighted by molar-refractivity contribution is 0.00362. The number of benzene rings is 1. The molecule has 2 heterocycles. The molecule has 0 radical (unpaired) electrons. The van der Waals surface area contributed by atoms with Crippen LogP contribution in [-0.2, 0) is 4.74 Å². The number of ether oxygens (including phenoxy) is 1. The van der Waals surface area contributed by atoms with Crippen LogP contribution in [0.25, 0.3) is 11.5 Å². The van der Waals surface area contributed by atoms with E-state index >= 15 is 0 Å². The molecule has 3 rings (SSSR count). The van der Waals surface area contributed by atoms with Gasteiger partial charge in [0.25, 0.3) is 11.8 Å². The molecule has 1 aromatic heterocycles. The summed E-state index contributed by atoms with van der Waals surface area (Å²) in [7, 11) is 0. The monoisotopic (exact) mass is 315 g/mol. The van der Waals surface area contributed by atoms with Crippen molar-refractivity contribution in [1.82, 2.24) is 15.0 Å². The van der Waals surface area contributed by atoms with Crippen LogP contribution in [0.5, 0.6) is 0 Å². The number of rotatable bonds is 3. The predicted molar refractivity (Wildman–Crippen MR) is 85.1 cm³/mol. The molecule has 0 spiro atoms. The summed E-state index contributed by atoms with van der Waals surface area (Å²) in [6.07, 6.45) is 0. The SMILES string of the molecule is CC(C)c1noc(-c2ccccc2C(=O)N2CCOC[C@H]2C)n1. The van der Waals surface area contributed by atoms with Crippen molar-refractivity contribution in [3.63, 3.8) is 0 Å². The largest absolute Gasteiger partial charge is 0.377 e. The highest BCUT2D eigenvalue weighted by molar-refractivity contribution is 6.00. The lowest BCUT2D eigenvalue weighted by atomic mass is 10.0. The van der Waals surface area contributed by atoms with Gasteiger partial charge in [-0.3, -0.25) is 4.79 Å². The average molecular weight is 315 g/mol. The van der Waals surface area contributed by atoms with Gasteiger partial charge in [0.05, 0.1) is 30.4 Å². The Labute approximate surface area is 135 Å². The predicted octanol–water partition coefficient (Wildman–Crippen LogP) is 2.72. The van der Waals surface area contributed by atoms with Crippen molar-refractivity contribution >= 4 is 5.91 Å². The smallest absolute Gasteiger partial charge is 0.258 e. The summed E-state index contributed by atoms with van der Waals surface area (Å²) in [5.74, 6) is 1.18. The Morgan fingerprint density at radius 2 is 2.13 bits per heavy atom. The Balaban J connectivity index is 1.95. The van der Waals surface area contributed by atoms with Crippen molar-refractivity contribution in [2.24, 2.45) is 0 Å². The maximum atomic E-state index is 12.9. The van der Waals surface area contributed by atoms with E-state index in [1.54, 1.807) is 6.07 Å². The van der Waals surface area contributed by atoms with E-state index in [2.05, 4.69) is 10.1 Å². The highest BCUT2D eigenvalue weighted by atomic mass is 16.5. The van der Waals surface area contributed by atoms with Gasteiger partial charge in [-0.15, -0.1) is 0 Å². The fourth-order valence-electron chi connectivity index (χ4n) is 2.62. The normalized spacial score (nSPS) is 18.4. The molecule has 1 saturated heterocycles. The fraction of sp³-hybridized carbons (Fsp3) is 0.471. The van der Waals surface area contributed by atoms with E-state index < -0.39 is 0 Å². The van der Waals surface area contributed by atoms with Crippen LogP contribution in [0.4, 0.5) is 0 Å². The van der Waals surface area contributed by atoms with Crippen molar-refractivity contribution in [3.05, 3.63) is 35.7 Å². The summed E-state index contributed by atoms with van der Waals surface area (Å²) in [6.45, 7) is 7.71. The van der Waals surface area contributed by atoms with Crippen LogP contribution >= 0.6 is 0 Å². The first kappa shape index (κ1) is 15.7. The van der Waals surface area contributed by atoms with Crippen molar-refractivity contribution in [2.45, 2.75) is 32.7 Å². The zero-order valence-corrected chi connectivity index (χ0v) is 13.7. The molecule has 122 valence electrons. The number of morpholine rings is 1. The number of carbonyl (C=O) groups excluding carboxylic acids is 1. The number of amides is 1. The molecule has 0 bridgehead atoms. The minimum absolute atomic E-state index is 0.0271. The molecule has 2 aromatic rings. The number of nitrogens with zero attached hydrogens (tertiary/aromatic N) is 3. The molecule has 0 saturated carbocycles. The number of aromatic nitrogens is 2. The molecule has 6 heteroatoms.